The largest absolute Gasteiger partial charge is 0.365 e. The van der Waals surface area contributed by atoms with Gasteiger partial charge in [0, 0.05) is 37.9 Å². The minimum atomic E-state index is -0.322. The number of aryl methyl sites for hydroxylation is 1. The van der Waals surface area contributed by atoms with Gasteiger partial charge in [-0.1, -0.05) is 62.8 Å². The van der Waals surface area contributed by atoms with Crippen LogP contribution in [0.4, 0.5) is 5.69 Å². The Morgan fingerprint density at radius 3 is 2.38 bits per heavy atom. The van der Waals surface area contributed by atoms with Gasteiger partial charge >= 0.3 is 0 Å². The molecule has 4 nitrogen and oxygen atoms in total. The molecule has 1 saturated heterocycles. The number of nitrogens with zero attached hydrogens (tertiary/aromatic N) is 2. The van der Waals surface area contributed by atoms with Crippen molar-refractivity contribution in [3.05, 3.63) is 41.5 Å². The van der Waals surface area contributed by atoms with Crippen molar-refractivity contribution in [3.63, 3.8) is 0 Å². The van der Waals surface area contributed by atoms with Crippen LogP contribution < -0.4 is 10.6 Å². The van der Waals surface area contributed by atoms with Gasteiger partial charge in [-0.05, 0) is 75.5 Å². The zero-order valence-electron chi connectivity index (χ0n) is 22.1. The molecule has 0 amide bonds. The molecule has 190 valence electrons. The molecular formula is C30H49N3O. The van der Waals surface area contributed by atoms with E-state index in [1.165, 1.54) is 74.6 Å². The maximum Gasteiger partial charge on any atom is 0.136 e. The van der Waals surface area contributed by atoms with E-state index in [1.807, 2.05) is 0 Å². The molecule has 2 atom stereocenters. The van der Waals surface area contributed by atoms with Crippen LogP contribution in [-0.4, -0.2) is 49.4 Å². The molecule has 1 aromatic rings. The number of hydrogen-bond donors (Lipinski definition) is 1. The fourth-order valence-electron chi connectivity index (χ4n) is 5.90. The van der Waals surface area contributed by atoms with Crippen LogP contribution in [0.25, 0.3) is 0 Å². The van der Waals surface area contributed by atoms with Gasteiger partial charge in [-0.15, -0.1) is 0 Å². The summed E-state index contributed by atoms with van der Waals surface area (Å²) in [5.74, 6) is 1.41. The standard InChI is InChI=1S/C30H49N3O/c1-24(2)15-20-33(30-16-18-32(19-17-30)22-25(3)21-28(31)23-34)29-13-11-27(12-14-29)10-9-26-7-5-4-6-8-26/h11-15,23,25-26,28,30H,4-10,16-22,31H2,1-3H3. The number of carbonyl (C=O) groups is 1. The number of allylic oxidation sites excluding steroid dienone is 1. The van der Waals surface area contributed by atoms with E-state index < -0.39 is 0 Å². The lowest BCUT2D eigenvalue weighted by atomic mass is 9.85. The predicted octanol–water partition coefficient (Wildman–Crippen LogP) is 5.99. The quantitative estimate of drug-likeness (QED) is 0.303. The Balaban J connectivity index is 1.55. The number of aldehydes is 1. The van der Waals surface area contributed by atoms with E-state index in [1.54, 1.807) is 0 Å². The van der Waals surface area contributed by atoms with E-state index in [2.05, 4.69) is 60.9 Å². The smallest absolute Gasteiger partial charge is 0.136 e. The average molecular weight is 468 g/mol. The van der Waals surface area contributed by atoms with Gasteiger partial charge in [-0.25, -0.2) is 0 Å². The molecule has 3 rings (SSSR count). The molecule has 2 fully saturated rings. The van der Waals surface area contributed by atoms with Crippen LogP contribution in [0.3, 0.4) is 0 Å². The molecule has 1 aliphatic heterocycles. The number of piperidine rings is 1. The van der Waals surface area contributed by atoms with Crippen molar-refractivity contribution in [2.24, 2.45) is 17.6 Å². The average Bonchev–Trinajstić information content (AvgIpc) is 2.85. The third-order valence-electron chi connectivity index (χ3n) is 7.95. The summed E-state index contributed by atoms with van der Waals surface area (Å²) in [6.45, 7) is 10.9. The van der Waals surface area contributed by atoms with E-state index >= 15 is 0 Å². The first-order valence-corrected chi connectivity index (χ1v) is 13.9. The van der Waals surface area contributed by atoms with E-state index in [0.717, 1.165) is 44.8 Å². The van der Waals surface area contributed by atoms with Crippen LogP contribution in [0, 0.1) is 11.8 Å². The summed E-state index contributed by atoms with van der Waals surface area (Å²) < 4.78 is 0. The Hall–Kier alpha value is -1.65. The van der Waals surface area contributed by atoms with Crippen molar-refractivity contribution in [2.45, 2.75) is 97.1 Å². The van der Waals surface area contributed by atoms with Crippen molar-refractivity contribution in [3.8, 4) is 0 Å². The lowest BCUT2D eigenvalue weighted by Crippen LogP contribution is -2.46. The summed E-state index contributed by atoms with van der Waals surface area (Å²) in [5, 5.41) is 0. The minimum Gasteiger partial charge on any atom is -0.365 e. The van der Waals surface area contributed by atoms with Gasteiger partial charge < -0.3 is 20.3 Å². The highest BCUT2D eigenvalue weighted by atomic mass is 16.1. The Labute approximate surface area is 209 Å². The van der Waals surface area contributed by atoms with E-state index in [4.69, 9.17) is 5.73 Å². The molecule has 1 saturated carbocycles. The van der Waals surface area contributed by atoms with Gasteiger partial charge in [0.05, 0.1) is 6.04 Å². The Morgan fingerprint density at radius 2 is 1.76 bits per heavy atom. The molecule has 34 heavy (non-hydrogen) atoms. The highest BCUT2D eigenvalue weighted by Gasteiger charge is 2.25. The molecule has 2 unspecified atom stereocenters. The summed E-state index contributed by atoms with van der Waals surface area (Å²) >= 11 is 0. The molecule has 2 aliphatic rings. The maximum atomic E-state index is 10.9. The molecule has 0 radical (unpaired) electrons. The molecule has 1 aromatic carbocycles. The van der Waals surface area contributed by atoms with Crippen molar-refractivity contribution in [2.75, 3.05) is 31.1 Å². The fraction of sp³-hybridized carbons (Fsp3) is 0.700. The van der Waals surface area contributed by atoms with E-state index in [0.29, 0.717) is 12.0 Å². The molecule has 1 heterocycles. The van der Waals surface area contributed by atoms with Gasteiger partial charge in [0.2, 0.25) is 0 Å². The number of likely N-dealkylation sites (tertiary alicyclic amines) is 1. The van der Waals surface area contributed by atoms with E-state index in [-0.39, 0.29) is 6.04 Å². The molecule has 0 aromatic heterocycles. The van der Waals surface area contributed by atoms with Gasteiger partial charge in [-0.2, -0.15) is 0 Å². The van der Waals surface area contributed by atoms with Crippen LogP contribution in [0.2, 0.25) is 0 Å². The second kappa shape index (κ2) is 14.0. The third kappa shape index (κ3) is 8.85. The summed E-state index contributed by atoms with van der Waals surface area (Å²) in [4.78, 5) is 16.1. The first-order valence-electron chi connectivity index (χ1n) is 13.9. The lowest BCUT2D eigenvalue weighted by molar-refractivity contribution is -0.109. The molecule has 0 bridgehead atoms. The van der Waals surface area contributed by atoms with Crippen LogP contribution in [0.15, 0.2) is 35.9 Å². The number of carbonyl (C=O) groups excluding carboxylic acids is 1. The van der Waals surface area contributed by atoms with Gasteiger partial charge in [0.1, 0.15) is 6.29 Å². The zero-order valence-corrected chi connectivity index (χ0v) is 22.1. The Bertz CT molecular complexity index is 741. The Kier molecular flexibility index (Phi) is 11.1. The van der Waals surface area contributed by atoms with Crippen LogP contribution in [0.1, 0.15) is 84.1 Å². The number of benzene rings is 1. The zero-order chi connectivity index (χ0) is 24.3. The van der Waals surface area contributed by atoms with Crippen LogP contribution >= 0.6 is 0 Å². The van der Waals surface area contributed by atoms with Crippen molar-refractivity contribution in [1.82, 2.24) is 4.90 Å². The Morgan fingerprint density at radius 1 is 1.09 bits per heavy atom. The number of anilines is 1. The molecule has 0 spiro atoms. The van der Waals surface area contributed by atoms with Gasteiger partial charge in [-0.3, -0.25) is 0 Å². The van der Waals surface area contributed by atoms with Crippen LogP contribution in [0.5, 0.6) is 0 Å². The normalized spacial score (nSPS) is 20.0. The van der Waals surface area contributed by atoms with E-state index in [9.17, 15) is 4.79 Å². The number of hydrogen-bond acceptors (Lipinski definition) is 4. The molecule has 2 N–H and O–H groups in total. The summed E-state index contributed by atoms with van der Waals surface area (Å²) in [6.07, 6.45) is 16.2. The second-order valence-electron chi connectivity index (χ2n) is 11.3. The fourth-order valence-corrected chi connectivity index (χ4v) is 5.90. The topological polar surface area (TPSA) is 49.6 Å². The SMILES string of the molecule is CC(C)=CCN(c1ccc(CCC2CCCCC2)cc1)C1CCN(CC(C)CC(N)C=O)CC1. The summed E-state index contributed by atoms with van der Waals surface area (Å²) in [5.41, 5.74) is 10.1. The maximum absolute atomic E-state index is 10.9. The summed E-state index contributed by atoms with van der Waals surface area (Å²) in [7, 11) is 0. The second-order valence-corrected chi connectivity index (χ2v) is 11.3. The first kappa shape index (κ1) is 26.9. The first-order chi connectivity index (χ1) is 16.4. The van der Waals surface area contributed by atoms with Crippen molar-refractivity contribution >= 4 is 12.0 Å². The van der Waals surface area contributed by atoms with Gasteiger partial charge in [0.15, 0.2) is 0 Å². The monoisotopic (exact) mass is 467 g/mol. The molecular weight excluding hydrogens is 418 g/mol. The van der Waals surface area contributed by atoms with Crippen LogP contribution in [-0.2, 0) is 11.2 Å². The van der Waals surface area contributed by atoms with Crippen molar-refractivity contribution in [1.29, 1.82) is 0 Å². The predicted molar refractivity (Wildman–Crippen MR) is 145 cm³/mol. The van der Waals surface area contributed by atoms with Gasteiger partial charge in [0.25, 0.3) is 0 Å². The number of rotatable bonds is 12. The lowest BCUT2D eigenvalue weighted by Gasteiger charge is -2.40. The minimum absolute atomic E-state index is 0.322. The summed E-state index contributed by atoms with van der Waals surface area (Å²) in [6, 6.07) is 9.74. The highest BCUT2D eigenvalue weighted by molar-refractivity contribution is 5.56. The molecule has 1 aliphatic carbocycles. The van der Waals surface area contributed by atoms with Crippen molar-refractivity contribution < 1.29 is 4.79 Å². The number of nitrogens with two attached hydrogens (primary N) is 1. The molecule has 4 heteroatoms. The third-order valence-corrected chi connectivity index (χ3v) is 7.95. The highest BCUT2D eigenvalue weighted by Crippen LogP contribution is 2.29.